The number of benzene rings is 3. The van der Waals surface area contributed by atoms with Crippen LogP contribution in [0.4, 0.5) is 4.39 Å². The van der Waals surface area contributed by atoms with Crippen LogP contribution in [0.3, 0.4) is 0 Å². The van der Waals surface area contributed by atoms with Gasteiger partial charge in [-0.25, -0.2) is 9.87 Å². The number of hydrogen-bond donors (Lipinski definition) is 3. The molecule has 3 aromatic rings. The average molecular weight is 477 g/mol. The predicted octanol–water partition coefficient (Wildman–Crippen LogP) is 5.23. The van der Waals surface area contributed by atoms with E-state index in [0.29, 0.717) is 43.4 Å². The minimum Gasteiger partial charge on any atom is -0.355 e. The fourth-order valence-corrected chi connectivity index (χ4v) is 4.47. The van der Waals surface area contributed by atoms with Crippen molar-refractivity contribution in [2.75, 3.05) is 6.54 Å². The van der Waals surface area contributed by atoms with Crippen molar-refractivity contribution in [3.63, 3.8) is 0 Å². The van der Waals surface area contributed by atoms with E-state index in [0.717, 1.165) is 16.7 Å². The molecule has 5 nitrogen and oxygen atoms in total. The standard InChI is InChI=1S/C29H33FN2O3/c1-20-17-22(18-21(2)27(20)30)19-25(28(33)32-35)15-9-10-16-31-29(34)26(23-11-5-3-6-12-23)24-13-7-4-8-14-24/h3-8,11-14,17-18,25-26,35H,9-10,15-16,19H2,1-2H3,(H,31,34)(H,32,33)/t25-/m0/s1. The second kappa shape index (κ2) is 12.8. The van der Waals surface area contributed by atoms with Crippen LogP contribution in [0.1, 0.15) is 53.0 Å². The van der Waals surface area contributed by atoms with Gasteiger partial charge >= 0.3 is 0 Å². The molecule has 0 fully saturated rings. The number of hydrogen-bond acceptors (Lipinski definition) is 3. The average Bonchev–Trinajstić information content (AvgIpc) is 2.87. The van der Waals surface area contributed by atoms with Crippen LogP contribution in [0.25, 0.3) is 0 Å². The summed E-state index contributed by atoms with van der Waals surface area (Å²) in [6.45, 7) is 3.89. The number of aryl methyl sites for hydroxylation is 2. The molecule has 3 N–H and O–H groups in total. The van der Waals surface area contributed by atoms with Crippen molar-refractivity contribution in [2.45, 2.75) is 45.4 Å². The largest absolute Gasteiger partial charge is 0.355 e. The van der Waals surface area contributed by atoms with E-state index in [-0.39, 0.29) is 11.7 Å². The maximum atomic E-state index is 13.9. The summed E-state index contributed by atoms with van der Waals surface area (Å²) in [5.74, 6) is -1.60. The van der Waals surface area contributed by atoms with Crippen molar-refractivity contribution in [2.24, 2.45) is 5.92 Å². The zero-order valence-electron chi connectivity index (χ0n) is 20.3. The number of carbonyl (C=O) groups excluding carboxylic acids is 2. The molecule has 184 valence electrons. The lowest BCUT2D eigenvalue weighted by atomic mass is 9.90. The maximum Gasteiger partial charge on any atom is 0.246 e. The van der Waals surface area contributed by atoms with Gasteiger partial charge in [-0.05, 0) is 60.9 Å². The van der Waals surface area contributed by atoms with Crippen LogP contribution in [0.5, 0.6) is 0 Å². The van der Waals surface area contributed by atoms with Gasteiger partial charge in [0.1, 0.15) is 5.82 Å². The molecule has 0 saturated heterocycles. The van der Waals surface area contributed by atoms with Crippen LogP contribution < -0.4 is 10.8 Å². The third-order valence-electron chi connectivity index (χ3n) is 6.27. The smallest absolute Gasteiger partial charge is 0.246 e. The van der Waals surface area contributed by atoms with Gasteiger partial charge in [0.05, 0.1) is 5.92 Å². The van der Waals surface area contributed by atoms with Crippen molar-refractivity contribution in [3.05, 3.63) is 106 Å². The topological polar surface area (TPSA) is 78.4 Å². The first kappa shape index (κ1) is 26.1. The molecular formula is C29H33FN2O3. The van der Waals surface area contributed by atoms with Crippen LogP contribution in [-0.2, 0) is 16.0 Å². The third-order valence-corrected chi connectivity index (χ3v) is 6.27. The molecule has 0 bridgehead atoms. The molecule has 0 aromatic heterocycles. The molecule has 0 unspecified atom stereocenters. The molecule has 0 spiro atoms. The number of amides is 2. The summed E-state index contributed by atoms with van der Waals surface area (Å²) in [6, 6.07) is 22.9. The predicted molar refractivity (Wildman–Crippen MR) is 135 cm³/mol. The van der Waals surface area contributed by atoms with Crippen LogP contribution in [0.2, 0.25) is 0 Å². The Kier molecular flexibility index (Phi) is 9.56. The van der Waals surface area contributed by atoms with Crippen molar-refractivity contribution in [1.29, 1.82) is 0 Å². The monoisotopic (exact) mass is 476 g/mol. The number of carbonyl (C=O) groups is 2. The number of rotatable bonds is 11. The molecule has 3 aromatic carbocycles. The van der Waals surface area contributed by atoms with Crippen LogP contribution in [-0.4, -0.2) is 23.6 Å². The van der Waals surface area contributed by atoms with Crippen molar-refractivity contribution in [3.8, 4) is 0 Å². The Hall–Kier alpha value is -3.51. The molecule has 0 aliphatic heterocycles. The summed E-state index contributed by atoms with van der Waals surface area (Å²) in [4.78, 5) is 25.3. The summed E-state index contributed by atoms with van der Waals surface area (Å²) in [5.41, 5.74) is 5.55. The highest BCUT2D eigenvalue weighted by Gasteiger charge is 2.22. The molecule has 3 rings (SSSR count). The summed E-state index contributed by atoms with van der Waals surface area (Å²) >= 11 is 0. The van der Waals surface area contributed by atoms with Crippen molar-refractivity contribution in [1.82, 2.24) is 10.8 Å². The molecule has 0 aliphatic carbocycles. The van der Waals surface area contributed by atoms with Crippen LogP contribution in [0, 0.1) is 25.6 Å². The molecule has 35 heavy (non-hydrogen) atoms. The second-order valence-electron chi connectivity index (χ2n) is 8.96. The lowest BCUT2D eigenvalue weighted by Crippen LogP contribution is -2.31. The van der Waals surface area contributed by atoms with E-state index >= 15 is 0 Å². The zero-order chi connectivity index (χ0) is 25.2. The Bertz CT molecular complexity index is 1060. The number of hydroxylamine groups is 1. The van der Waals surface area contributed by atoms with Gasteiger partial charge in [-0.3, -0.25) is 14.8 Å². The normalized spacial score (nSPS) is 11.8. The molecule has 6 heteroatoms. The van der Waals surface area contributed by atoms with E-state index in [4.69, 9.17) is 0 Å². The molecular weight excluding hydrogens is 443 g/mol. The maximum absolute atomic E-state index is 13.9. The van der Waals surface area contributed by atoms with Gasteiger partial charge in [0.2, 0.25) is 11.8 Å². The molecule has 0 radical (unpaired) electrons. The lowest BCUT2D eigenvalue weighted by Gasteiger charge is -2.18. The van der Waals surface area contributed by atoms with Gasteiger partial charge in [-0.1, -0.05) is 79.2 Å². The summed E-state index contributed by atoms with van der Waals surface area (Å²) < 4.78 is 13.9. The second-order valence-corrected chi connectivity index (χ2v) is 8.96. The number of nitrogens with one attached hydrogen (secondary N) is 2. The lowest BCUT2D eigenvalue weighted by molar-refractivity contribution is -0.133. The number of halogens is 1. The van der Waals surface area contributed by atoms with Crippen molar-refractivity contribution >= 4 is 11.8 Å². The molecule has 0 saturated carbocycles. The minimum absolute atomic E-state index is 0.0655. The van der Waals surface area contributed by atoms with Gasteiger partial charge in [0.15, 0.2) is 0 Å². The summed E-state index contributed by atoms with van der Waals surface area (Å²) in [6.07, 6.45) is 2.33. The minimum atomic E-state index is -0.457. The summed E-state index contributed by atoms with van der Waals surface area (Å²) in [5, 5.41) is 12.2. The van der Waals surface area contributed by atoms with E-state index in [9.17, 15) is 19.2 Å². The van der Waals surface area contributed by atoms with E-state index in [2.05, 4.69) is 5.32 Å². The van der Waals surface area contributed by atoms with E-state index < -0.39 is 17.7 Å². The summed E-state index contributed by atoms with van der Waals surface area (Å²) in [7, 11) is 0. The zero-order valence-corrected chi connectivity index (χ0v) is 20.3. The molecule has 0 heterocycles. The first-order valence-corrected chi connectivity index (χ1v) is 12.0. The van der Waals surface area contributed by atoms with Crippen molar-refractivity contribution < 1.29 is 19.2 Å². The van der Waals surface area contributed by atoms with E-state index in [1.807, 2.05) is 60.7 Å². The third kappa shape index (κ3) is 7.23. The quantitative estimate of drug-likeness (QED) is 0.202. The highest BCUT2D eigenvalue weighted by atomic mass is 19.1. The molecule has 1 atom stereocenters. The van der Waals surface area contributed by atoms with Crippen LogP contribution >= 0.6 is 0 Å². The Balaban J connectivity index is 1.56. The Morgan fingerprint density at radius 2 is 1.40 bits per heavy atom. The highest BCUT2D eigenvalue weighted by molar-refractivity contribution is 5.87. The van der Waals surface area contributed by atoms with Gasteiger partial charge in [0, 0.05) is 12.5 Å². The Labute approximate surface area is 206 Å². The number of unbranched alkanes of at least 4 members (excludes halogenated alkanes) is 1. The molecule has 0 aliphatic rings. The van der Waals surface area contributed by atoms with Gasteiger partial charge < -0.3 is 5.32 Å². The Morgan fingerprint density at radius 1 is 0.857 bits per heavy atom. The van der Waals surface area contributed by atoms with Crippen LogP contribution in [0.15, 0.2) is 72.8 Å². The molecule has 2 amide bonds. The Morgan fingerprint density at radius 3 is 1.91 bits per heavy atom. The van der Waals surface area contributed by atoms with Gasteiger partial charge in [-0.2, -0.15) is 0 Å². The van der Waals surface area contributed by atoms with E-state index in [1.165, 1.54) is 0 Å². The fraction of sp³-hybridized carbons (Fsp3) is 0.310. The van der Waals surface area contributed by atoms with E-state index in [1.54, 1.807) is 31.5 Å². The SMILES string of the molecule is Cc1cc(C[C@H](CCCCNC(=O)C(c2ccccc2)c2ccccc2)C(=O)NO)cc(C)c1F. The first-order chi connectivity index (χ1) is 16.9. The first-order valence-electron chi connectivity index (χ1n) is 12.0. The fourth-order valence-electron chi connectivity index (χ4n) is 4.47. The van der Waals surface area contributed by atoms with Gasteiger partial charge in [0.25, 0.3) is 0 Å². The highest BCUT2D eigenvalue weighted by Crippen LogP contribution is 2.25. The van der Waals surface area contributed by atoms with Gasteiger partial charge in [-0.15, -0.1) is 0 Å².